The predicted octanol–water partition coefficient (Wildman–Crippen LogP) is 21.4. The van der Waals surface area contributed by atoms with Crippen molar-refractivity contribution in [1.82, 2.24) is 0 Å². The van der Waals surface area contributed by atoms with Gasteiger partial charge in [0.2, 0.25) is 0 Å². The Hall–Kier alpha value is 3.81. The van der Waals surface area contributed by atoms with Gasteiger partial charge in [-0.25, -0.2) is 0 Å². The average Bonchev–Trinajstić information content (AvgIpc) is 3.00. The van der Waals surface area contributed by atoms with Crippen molar-refractivity contribution >= 4 is 167 Å². The third kappa shape index (κ3) is 15.0. The van der Waals surface area contributed by atoms with Crippen molar-refractivity contribution in [2.24, 2.45) is 0 Å². The monoisotopic (exact) mass is 1550 g/mol. The third-order valence-electron chi connectivity index (χ3n) is 18.8. The second-order valence-electron chi connectivity index (χ2n) is 40.3. The Labute approximate surface area is 522 Å². The van der Waals surface area contributed by atoms with E-state index in [-0.39, 0.29) is 0 Å². The number of hydrogen-bond acceptors (Lipinski definition) is 2. The van der Waals surface area contributed by atoms with Crippen molar-refractivity contribution in [2.75, 3.05) is 0 Å². The summed E-state index contributed by atoms with van der Waals surface area (Å²) in [6, 6.07) is 12.6. The number of hydrogen-bond donors (Lipinski definition) is 0. The van der Waals surface area contributed by atoms with Crippen LogP contribution in [0.5, 0.6) is 0 Å². The molecular weight excluding hydrogens is 1420 g/mol. The Morgan fingerprint density at radius 3 is 0.474 bits per heavy atom. The Balaban J connectivity index is 3.02. The molecule has 0 aromatic heterocycles. The van der Waals surface area contributed by atoms with Crippen LogP contribution in [-0.4, -0.2) is 148 Å². The maximum atomic E-state index is 3.15. The summed E-state index contributed by atoms with van der Waals surface area (Å²) >= 11 is -4.47. The second kappa shape index (κ2) is 23.6. The van der Waals surface area contributed by atoms with Gasteiger partial charge in [0.05, 0.1) is 0 Å². The van der Waals surface area contributed by atoms with Crippen molar-refractivity contribution in [3.05, 3.63) is 57.6 Å². The Kier molecular flexibility index (Phi) is 23.0. The fraction of sp³-hybridized carbons (Fsp3) is 0.800. The minimum absolute atomic E-state index is 0.363. The Morgan fingerprint density at radius 1 is 0.244 bits per heavy atom. The molecule has 2 aromatic rings. The van der Waals surface area contributed by atoms with Crippen LogP contribution in [0.15, 0.2) is 24.3 Å². The van der Waals surface area contributed by atoms with E-state index in [0.717, 1.165) is 20.7 Å². The molecule has 0 atom stereocenters. The van der Waals surface area contributed by atoms with Gasteiger partial charge >= 0.3 is 529 Å². The Bertz CT molecular complexity index is 2040. The SMILES string of the molecule is C[Si](C)(C)C(c1cc(C([Si](C)(C)C)([Si](C)(C)C)[Si](C)(C)C)cc(C([Si](C)(C)C)[Si](C)(C)C)[c]1[Sb]1[S][Sb]([c]2c(C([Si](C)(C)C)[Si](C)(C)C)cc(C([Si](C)(C)C)([Si](C)(C)C)[Si](C)(C)C)cc2C([Si](C)(C)C)[Si](C)(C)C)[S]1)[Si](C)(C)C. The average molecular weight is 1560 g/mol. The molecule has 1 heterocycles. The maximum absolute atomic E-state index is 3.15. The van der Waals surface area contributed by atoms with E-state index in [1.807, 2.05) is 33.4 Å². The first-order valence-electron chi connectivity index (χ1n) is 31.0. The first-order chi connectivity index (χ1) is 33.6. The number of rotatable bonds is 22. The first kappa shape index (κ1) is 76.1. The van der Waals surface area contributed by atoms with Crippen molar-refractivity contribution in [3.8, 4) is 0 Å². The fourth-order valence-corrected chi connectivity index (χ4v) is 214. The molecule has 3 rings (SSSR count). The standard InChI is InChI=1S/2C30H67Si7.2S.2Sb/c2*1-31(2,3)28(32(4,5)6)25-22-26(29(33(7,8)9)34(10,11)12)24-27(23-25)30(35(13,14)15,36(16,17)18)37(19,20)21;;;;/h2*23-24,28-29H,1-21H3;;;;. The second-order valence-corrected chi connectivity index (χ2v) is 160. The van der Waals surface area contributed by atoms with Crippen LogP contribution in [0, 0.1) is 0 Å². The van der Waals surface area contributed by atoms with Crippen LogP contribution in [-0.2, 0) is 8.57 Å². The van der Waals surface area contributed by atoms with Crippen LogP contribution in [0.25, 0.3) is 0 Å². The molecule has 0 radical (unpaired) electrons. The Morgan fingerprint density at radius 2 is 0.372 bits per heavy atom. The molecule has 0 unspecified atom stereocenters. The molecule has 0 nitrogen and oxygen atoms in total. The molecule has 78 heavy (non-hydrogen) atoms. The molecule has 0 bridgehead atoms. The van der Waals surface area contributed by atoms with E-state index in [9.17, 15) is 0 Å². The van der Waals surface area contributed by atoms with Crippen molar-refractivity contribution in [3.63, 3.8) is 0 Å². The quantitative estimate of drug-likeness (QED) is 0.108. The van der Waals surface area contributed by atoms with E-state index in [0.29, 0.717) is 8.57 Å². The van der Waals surface area contributed by atoms with E-state index in [1.54, 1.807) is 0 Å². The summed E-state index contributed by atoms with van der Waals surface area (Å²) in [4.78, 5) is 0. The van der Waals surface area contributed by atoms with Gasteiger partial charge in [0.15, 0.2) is 0 Å². The molecule has 0 amide bonds. The molecule has 2 aromatic carbocycles. The van der Waals surface area contributed by atoms with E-state index < -0.39 is 148 Å². The predicted molar refractivity (Wildman–Crippen MR) is 420 cm³/mol. The number of benzene rings is 2. The van der Waals surface area contributed by atoms with Gasteiger partial charge in [-0.05, 0) is 0 Å². The van der Waals surface area contributed by atoms with Crippen molar-refractivity contribution in [1.29, 1.82) is 0 Å². The van der Waals surface area contributed by atoms with Crippen LogP contribution in [0.1, 0.15) is 54.0 Å². The van der Waals surface area contributed by atoms with Crippen molar-refractivity contribution < 1.29 is 0 Å². The molecular formula is C60H134S2Sb2Si14. The molecule has 0 saturated carbocycles. The zero-order chi connectivity index (χ0) is 62.3. The molecule has 1 fully saturated rings. The van der Waals surface area contributed by atoms with Crippen LogP contribution < -0.4 is 7.02 Å². The summed E-state index contributed by atoms with van der Waals surface area (Å²) in [5.41, 5.74) is 11.8. The van der Waals surface area contributed by atoms with Gasteiger partial charge in [-0.2, -0.15) is 0 Å². The van der Waals surface area contributed by atoms with Crippen LogP contribution >= 0.6 is 11.9 Å². The summed E-state index contributed by atoms with van der Waals surface area (Å²) in [5, 5.41) is 3.04. The summed E-state index contributed by atoms with van der Waals surface area (Å²) in [6.07, 6.45) is 0. The van der Waals surface area contributed by atoms with Crippen LogP contribution in [0.3, 0.4) is 0 Å². The van der Waals surface area contributed by atoms with Gasteiger partial charge in [0, 0.05) is 0 Å². The summed E-state index contributed by atoms with van der Waals surface area (Å²) in [5.74, 6) is 5.71. The van der Waals surface area contributed by atoms with Gasteiger partial charge in [0.1, 0.15) is 0 Å². The molecule has 0 N–H and O–H groups in total. The molecule has 1 saturated heterocycles. The van der Waals surface area contributed by atoms with Crippen molar-refractivity contribution in [2.45, 2.75) is 304 Å². The molecule has 1 aliphatic rings. The van der Waals surface area contributed by atoms with E-state index in [2.05, 4.69) is 318 Å². The van der Waals surface area contributed by atoms with Crippen LogP contribution in [0.2, 0.25) is 275 Å². The van der Waals surface area contributed by atoms with E-state index >= 15 is 0 Å². The van der Waals surface area contributed by atoms with Gasteiger partial charge < -0.3 is 0 Å². The summed E-state index contributed by atoms with van der Waals surface area (Å²) < 4.78 is 4.93. The molecule has 18 heteroatoms. The van der Waals surface area contributed by atoms with Crippen LogP contribution in [0.4, 0.5) is 0 Å². The zero-order valence-corrected chi connectivity index (χ0v) is 81.1. The minimum atomic E-state index is -2.23. The fourth-order valence-electron chi connectivity index (χ4n) is 21.7. The van der Waals surface area contributed by atoms with E-state index in [4.69, 9.17) is 0 Å². The van der Waals surface area contributed by atoms with E-state index in [1.165, 1.54) is 0 Å². The molecule has 0 aliphatic carbocycles. The van der Waals surface area contributed by atoms with Gasteiger partial charge in [-0.1, -0.05) is 0 Å². The summed E-state index contributed by atoms with van der Waals surface area (Å²) in [7, 11) is -24.4. The van der Waals surface area contributed by atoms with Gasteiger partial charge in [0.25, 0.3) is 0 Å². The summed E-state index contributed by atoms with van der Waals surface area (Å²) in [6.45, 7) is 119. The zero-order valence-electron chi connectivity index (χ0n) is 60.3. The normalized spacial score (nSPS) is 17.1. The molecule has 1 aliphatic heterocycles. The first-order valence-corrected chi connectivity index (χ1v) is 97.1. The molecule has 452 valence electrons. The topological polar surface area (TPSA) is 0 Å². The molecule has 0 spiro atoms. The third-order valence-corrected chi connectivity index (χ3v) is 184. The van der Waals surface area contributed by atoms with Gasteiger partial charge in [-0.15, -0.1) is 0 Å². The van der Waals surface area contributed by atoms with Gasteiger partial charge in [-0.3, -0.25) is 0 Å².